The first-order chi connectivity index (χ1) is 6.50. The van der Waals surface area contributed by atoms with E-state index < -0.39 is 15.5 Å². The Kier molecular flexibility index (Phi) is 1.83. The van der Waals surface area contributed by atoms with E-state index in [0.29, 0.717) is 11.1 Å². The highest BCUT2D eigenvalue weighted by atomic mass is 32.2. The highest BCUT2D eigenvalue weighted by Gasteiger charge is 2.32. The average molecular weight is 212 g/mol. The number of amidine groups is 1. The van der Waals surface area contributed by atoms with E-state index in [2.05, 4.69) is 4.99 Å². The number of aliphatic imine (C=N–C) groups is 1. The molecule has 1 heterocycles. The molecule has 1 aliphatic heterocycles. The number of hydrogen-bond acceptors (Lipinski definition) is 4. The lowest BCUT2D eigenvalue weighted by Crippen LogP contribution is -2.09. The lowest BCUT2D eigenvalue weighted by molar-refractivity contribution is 0.471. The molecule has 3 N–H and O–H groups in total. The minimum absolute atomic E-state index is 0.142. The summed E-state index contributed by atoms with van der Waals surface area (Å²) in [5, 5.41) is -1.27. The number of benzene rings is 1. The van der Waals surface area contributed by atoms with E-state index >= 15 is 0 Å². The molecule has 1 aromatic carbocycles. The van der Waals surface area contributed by atoms with Gasteiger partial charge in [-0.25, -0.2) is 4.99 Å². The Bertz CT molecular complexity index is 507. The first-order valence-electron chi connectivity index (χ1n) is 3.89. The van der Waals surface area contributed by atoms with Gasteiger partial charge in [-0.2, -0.15) is 8.42 Å². The van der Waals surface area contributed by atoms with Crippen molar-refractivity contribution in [2.45, 2.75) is 5.37 Å². The van der Waals surface area contributed by atoms with Crippen LogP contribution in [0.1, 0.15) is 16.5 Å². The minimum atomic E-state index is -4.22. The molecule has 5 nitrogen and oxygen atoms in total. The molecule has 1 aromatic rings. The van der Waals surface area contributed by atoms with E-state index in [0.717, 1.165) is 0 Å². The third kappa shape index (κ3) is 1.28. The summed E-state index contributed by atoms with van der Waals surface area (Å²) >= 11 is 0. The standard InChI is InChI=1S/C8H8N2O3S/c9-7-5-3-1-2-4-6(5)8(10-7)14(11,12)13/h1-4,8H,(H2,9,10)(H,11,12,13). The normalized spacial score (nSPS) is 20.4. The summed E-state index contributed by atoms with van der Waals surface area (Å²) < 4.78 is 30.8. The van der Waals surface area contributed by atoms with Crippen molar-refractivity contribution in [3.63, 3.8) is 0 Å². The van der Waals surface area contributed by atoms with Crippen molar-refractivity contribution < 1.29 is 13.0 Å². The monoisotopic (exact) mass is 212 g/mol. The summed E-state index contributed by atoms with van der Waals surface area (Å²) in [6.45, 7) is 0. The van der Waals surface area contributed by atoms with Crippen LogP contribution in [0.2, 0.25) is 0 Å². The van der Waals surface area contributed by atoms with Crippen molar-refractivity contribution in [3.8, 4) is 0 Å². The van der Waals surface area contributed by atoms with Crippen LogP contribution in [-0.4, -0.2) is 18.8 Å². The van der Waals surface area contributed by atoms with E-state index in [9.17, 15) is 8.42 Å². The van der Waals surface area contributed by atoms with Crippen LogP contribution in [-0.2, 0) is 10.1 Å². The fourth-order valence-corrected chi connectivity index (χ4v) is 2.21. The SMILES string of the molecule is NC1=NC(S(=O)(=O)O)c2ccccc21. The van der Waals surface area contributed by atoms with Crippen molar-refractivity contribution in [2.75, 3.05) is 0 Å². The van der Waals surface area contributed by atoms with Gasteiger partial charge in [0, 0.05) is 11.1 Å². The van der Waals surface area contributed by atoms with E-state index in [1.807, 2.05) is 0 Å². The van der Waals surface area contributed by atoms with Crippen LogP contribution in [0, 0.1) is 0 Å². The Morgan fingerprint density at radius 1 is 1.36 bits per heavy atom. The van der Waals surface area contributed by atoms with Crippen molar-refractivity contribution >= 4 is 16.0 Å². The van der Waals surface area contributed by atoms with Gasteiger partial charge in [0.15, 0.2) is 0 Å². The molecule has 74 valence electrons. The smallest absolute Gasteiger partial charge is 0.292 e. The zero-order chi connectivity index (χ0) is 10.3. The van der Waals surface area contributed by atoms with Gasteiger partial charge in [0.1, 0.15) is 5.84 Å². The fourth-order valence-electron chi connectivity index (χ4n) is 1.44. The molecule has 1 aliphatic rings. The number of nitrogens with two attached hydrogens (primary N) is 1. The van der Waals surface area contributed by atoms with Crippen LogP contribution in [0.5, 0.6) is 0 Å². The van der Waals surface area contributed by atoms with E-state index in [1.165, 1.54) is 0 Å². The molecule has 0 saturated carbocycles. The van der Waals surface area contributed by atoms with Gasteiger partial charge >= 0.3 is 0 Å². The minimum Gasteiger partial charge on any atom is -0.383 e. The molecule has 0 saturated heterocycles. The molecular formula is C8H8N2O3S. The third-order valence-corrected chi connectivity index (χ3v) is 2.96. The molecule has 0 spiro atoms. The summed E-state index contributed by atoms with van der Waals surface area (Å²) in [5.41, 5.74) is 6.50. The van der Waals surface area contributed by atoms with Gasteiger partial charge in [0.2, 0.25) is 5.37 Å². The van der Waals surface area contributed by atoms with Crippen LogP contribution in [0.4, 0.5) is 0 Å². The number of hydrogen-bond donors (Lipinski definition) is 2. The van der Waals surface area contributed by atoms with Crippen molar-refractivity contribution in [3.05, 3.63) is 35.4 Å². The predicted molar refractivity (Wildman–Crippen MR) is 51.5 cm³/mol. The second-order valence-corrected chi connectivity index (χ2v) is 4.45. The molecule has 14 heavy (non-hydrogen) atoms. The van der Waals surface area contributed by atoms with Crippen molar-refractivity contribution in [1.82, 2.24) is 0 Å². The van der Waals surface area contributed by atoms with Gasteiger partial charge in [-0.05, 0) is 0 Å². The van der Waals surface area contributed by atoms with Crippen LogP contribution < -0.4 is 5.73 Å². The van der Waals surface area contributed by atoms with Gasteiger partial charge in [-0.1, -0.05) is 24.3 Å². The maximum Gasteiger partial charge on any atom is 0.292 e. The number of rotatable bonds is 1. The lowest BCUT2D eigenvalue weighted by Gasteiger charge is -2.04. The first-order valence-corrected chi connectivity index (χ1v) is 5.39. The summed E-state index contributed by atoms with van der Waals surface area (Å²) in [6.07, 6.45) is 0. The number of nitrogens with zero attached hydrogens (tertiary/aromatic N) is 1. The van der Waals surface area contributed by atoms with E-state index in [-0.39, 0.29) is 5.84 Å². The van der Waals surface area contributed by atoms with Crippen molar-refractivity contribution in [2.24, 2.45) is 10.7 Å². The summed E-state index contributed by atoms with van der Waals surface area (Å²) in [5.74, 6) is 0.142. The van der Waals surface area contributed by atoms with Crippen molar-refractivity contribution in [1.29, 1.82) is 0 Å². The lowest BCUT2D eigenvalue weighted by atomic mass is 10.1. The largest absolute Gasteiger partial charge is 0.383 e. The zero-order valence-electron chi connectivity index (χ0n) is 7.08. The van der Waals surface area contributed by atoms with Crippen LogP contribution >= 0.6 is 0 Å². The average Bonchev–Trinajstić information content (AvgIpc) is 2.44. The molecule has 1 atom stereocenters. The van der Waals surface area contributed by atoms with Gasteiger partial charge in [-0.15, -0.1) is 0 Å². The molecule has 0 amide bonds. The fraction of sp³-hybridized carbons (Fsp3) is 0.125. The highest BCUT2D eigenvalue weighted by Crippen LogP contribution is 2.31. The zero-order valence-corrected chi connectivity index (χ0v) is 7.90. The highest BCUT2D eigenvalue weighted by molar-refractivity contribution is 7.86. The summed E-state index contributed by atoms with van der Waals surface area (Å²) in [4.78, 5) is 3.68. The molecule has 0 radical (unpaired) electrons. The molecule has 0 aliphatic carbocycles. The van der Waals surface area contributed by atoms with Crippen LogP contribution in [0.3, 0.4) is 0 Å². The molecule has 0 fully saturated rings. The molecule has 6 heteroatoms. The van der Waals surface area contributed by atoms with Crippen LogP contribution in [0.25, 0.3) is 0 Å². The van der Waals surface area contributed by atoms with E-state index in [4.69, 9.17) is 10.3 Å². The predicted octanol–water partition coefficient (Wildman–Crippen LogP) is 0.292. The Morgan fingerprint density at radius 3 is 2.64 bits per heavy atom. The molecule has 2 rings (SSSR count). The summed E-state index contributed by atoms with van der Waals surface area (Å²) in [7, 11) is -4.22. The Labute approximate surface area is 81.0 Å². The summed E-state index contributed by atoms with van der Waals surface area (Å²) in [6, 6.07) is 6.65. The maximum atomic E-state index is 10.9. The first kappa shape index (κ1) is 9.17. The topological polar surface area (TPSA) is 92.8 Å². The third-order valence-electron chi connectivity index (χ3n) is 2.04. The Morgan fingerprint density at radius 2 is 2.00 bits per heavy atom. The van der Waals surface area contributed by atoms with Gasteiger partial charge in [0.25, 0.3) is 10.1 Å². The molecule has 1 unspecified atom stereocenters. The quantitative estimate of drug-likeness (QED) is 0.654. The van der Waals surface area contributed by atoms with Gasteiger partial charge < -0.3 is 5.73 Å². The molecular weight excluding hydrogens is 204 g/mol. The maximum absolute atomic E-state index is 10.9. The Balaban J connectivity index is 2.64. The Hall–Kier alpha value is -1.40. The molecule has 0 aromatic heterocycles. The van der Waals surface area contributed by atoms with Gasteiger partial charge in [-0.3, -0.25) is 4.55 Å². The van der Waals surface area contributed by atoms with E-state index in [1.54, 1.807) is 24.3 Å². The van der Waals surface area contributed by atoms with Gasteiger partial charge in [0.05, 0.1) is 0 Å². The second-order valence-electron chi connectivity index (χ2n) is 2.97. The number of fused-ring (bicyclic) bond motifs is 1. The second kappa shape index (κ2) is 2.79. The van der Waals surface area contributed by atoms with Crippen LogP contribution in [0.15, 0.2) is 29.3 Å². The molecule has 0 bridgehead atoms.